The fourth-order valence-electron chi connectivity index (χ4n) is 3.18. The van der Waals surface area contributed by atoms with Crippen molar-refractivity contribution in [1.29, 1.82) is 0 Å². The predicted octanol–water partition coefficient (Wildman–Crippen LogP) is 0.138. The molecule has 2 aliphatic rings. The molecule has 2 amide bonds. The minimum atomic E-state index is 0.00678. The minimum Gasteiger partial charge on any atom is -0.368 e. The predicted molar refractivity (Wildman–Crippen MR) is 92.1 cm³/mol. The number of anilines is 1. The summed E-state index contributed by atoms with van der Waals surface area (Å²) < 4.78 is 0. The standard InChI is InChI=1S/C17H25N5O2/c1-14(23)20-9-11-21(12-10-20)15-3-4-18-16(13-15)17(24)22-7-5-19(2)6-8-22/h3-4,13H,5-12H2,1-2H3. The first-order valence-electron chi connectivity index (χ1n) is 8.49. The molecule has 0 bridgehead atoms. The Hall–Kier alpha value is -2.15. The number of aromatic nitrogens is 1. The Balaban J connectivity index is 1.66. The van der Waals surface area contributed by atoms with Gasteiger partial charge in [-0.15, -0.1) is 0 Å². The van der Waals surface area contributed by atoms with E-state index in [0.29, 0.717) is 5.69 Å². The Morgan fingerprint density at radius 2 is 1.58 bits per heavy atom. The molecule has 130 valence electrons. The highest BCUT2D eigenvalue weighted by molar-refractivity contribution is 5.93. The van der Waals surface area contributed by atoms with Crippen LogP contribution in [0.5, 0.6) is 0 Å². The van der Waals surface area contributed by atoms with E-state index < -0.39 is 0 Å². The zero-order valence-corrected chi connectivity index (χ0v) is 14.4. The highest BCUT2D eigenvalue weighted by atomic mass is 16.2. The molecule has 2 fully saturated rings. The van der Waals surface area contributed by atoms with Crippen LogP contribution < -0.4 is 4.90 Å². The molecule has 0 saturated carbocycles. The molecule has 1 aromatic heterocycles. The van der Waals surface area contributed by atoms with E-state index in [0.717, 1.165) is 58.0 Å². The summed E-state index contributed by atoms with van der Waals surface area (Å²) in [6.07, 6.45) is 1.70. The molecule has 0 aliphatic carbocycles. The van der Waals surface area contributed by atoms with Crippen molar-refractivity contribution in [1.82, 2.24) is 19.7 Å². The summed E-state index contributed by atoms with van der Waals surface area (Å²) in [5.74, 6) is 0.127. The van der Waals surface area contributed by atoms with Gasteiger partial charge in [0.2, 0.25) is 5.91 Å². The second kappa shape index (κ2) is 7.17. The second-order valence-corrected chi connectivity index (χ2v) is 6.49. The van der Waals surface area contributed by atoms with Crippen LogP contribution in [0.1, 0.15) is 17.4 Å². The van der Waals surface area contributed by atoms with Gasteiger partial charge in [-0.25, -0.2) is 0 Å². The van der Waals surface area contributed by atoms with Crippen molar-refractivity contribution < 1.29 is 9.59 Å². The highest BCUT2D eigenvalue weighted by Gasteiger charge is 2.23. The molecule has 3 rings (SSSR count). The van der Waals surface area contributed by atoms with Crippen molar-refractivity contribution in [2.75, 3.05) is 64.3 Å². The van der Waals surface area contributed by atoms with E-state index in [1.807, 2.05) is 21.9 Å². The van der Waals surface area contributed by atoms with Crippen molar-refractivity contribution >= 4 is 17.5 Å². The van der Waals surface area contributed by atoms with E-state index in [4.69, 9.17) is 0 Å². The molecule has 0 aromatic carbocycles. The number of amides is 2. The van der Waals surface area contributed by atoms with Gasteiger partial charge in [-0.2, -0.15) is 0 Å². The number of hydrogen-bond acceptors (Lipinski definition) is 5. The zero-order chi connectivity index (χ0) is 17.1. The molecule has 0 unspecified atom stereocenters. The fourth-order valence-corrected chi connectivity index (χ4v) is 3.18. The SMILES string of the molecule is CC(=O)N1CCN(c2ccnc(C(=O)N3CCN(C)CC3)c2)CC1. The van der Waals surface area contributed by atoms with E-state index in [-0.39, 0.29) is 11.8 Å². The van der Waals surface area contributed by atoms with Gasteiger partial charge in [0.05, 0.1) is 0 Å². The summed E-state index contributed by atoms with van der Waals surface area (Å²) in [6.45, 7) is 7.92. The summed E-state index contributed by atoms with van der Waals surface area (Å²) in [4.78, 5) is 36.5. The van der Waals surface area contributed by atoms with Crippen LogP contribution >= 0.6 is 0 Å². The van der Waals surface area contributed by atoms with E-state index in [2.05, 4.69) is 21.8 Å². The van der Waals surface area contributed by atoms with Crippen LogP contribution in [-0.2, 0) is 4.79 Å². The maximum absolute atomic E-state index is 12.7. The maximum atomic E-state index is 12.7. The van der Waals surface area contributed by atoms with Gasteiger partial charge in [-0.1, -0.05) is 0 Å². The molecule has 24 heavy (non-hydrogen) atoms. The van der Waals surface area contributed by atoms with Gasteiger partial charge in [0, 0.05) is 71.2 Å². The Labute approximate surface area is 142 Å². The number of piperazine rings is 2. The van der Waals surface area contributed by atoms with E-state index >= 15 is 0 Å². The maximum Gasteiger partial charge on any atom is 0.272 e. The lowest BCUT2D eigenvalue weighted by Crippen LogP contribution is -2.48. The van der Waals surface area contributed by atoms with E-state index in [9.17, 15) is 9.59 Å². The Bertz CT molecular complexity index is 605. The number of carbonyl (C=O) groups excluding carboxylic acids is 2. The van der Waals surface area contributed by atoms with Gasteiger partial charge >= 0.3 is 0 Å². The third-order valence-electron chi connectivity index (χ3n) is 4.84. The molecule has 0 radical (unpaired) electrons. The van der Waals surface area contributed by atoms with E-state index in [1.165, 1.54) is 0 Å². The largest absolute Gasteiger partial charge is 0.368 e. The summed E-state index contributed by atoms with van der Waals surface area (Å²) in [7, 11) is 2.07. The van der Waals surface area contributed by atoms with Crippen LogP contribution in [-0.4, -0.2) is 90.9 Å². The molecule has 1 aromatic rings. The molecular weight excluding hydrogens is 306 g/mol. The summed E-state index contributed by atoms with van der Waals surface area (Å²) in [6, 6.07) is 3.81. The zero-order valence-electron chi connectivity index (χ0n) is 14.4. The van der Waals surface area contributed by atoms with Gasteiger partial charge in [0.25, 0.3) is 5.91 Å². The molecule has 0 atom stereocenters. The van der Waals surface area contributed by atoms with Crippen molar-refractivity contribution in [3.05, 3.63) is 24.0 Å². The molecule has 2 saturated heterocycles. The van der Waals surface area contributed by atoms with Gasteiger partial charge in [0.1, 0.15) is 5.69 Å². The lowest BCUT2D eigenvalue weighted by molar-refractivity contribution is -0.129. The van der Waals surface area contributed by atoms with Gasteiger partial charge in [-0.3, -0.25) is 14.6 Å². The number of pyridine rings is 1. The summed E-state index contributed by atoms with van der Waals surface area (Å²) in [5, 5.41) is 0. The Kier molecular flexibility index (Phi) is 4.99. The third-order valence-corrected chi connectivity index (χ3v) is 4.84. The quantitative estimate of drug-likeness (QED) is 0.771. The fraction of sp³-hybridized carbons (Fsp3) is 0.588. The van der Waals surface area contributed by atoms with Gasteiger partial charge in [-0.05, 0) is 19.2 Å². The molecule has 2 aliphatic heterocycles. The molecular formula is C17H25N5O2. The number of hydrogen-bond donors (Lipinski definition) is 0. The van der Waals surface area contributed by atoms with Crippen molar-refractivity contribution in [2.24, 2.45) is 0 Å². The number of carbonyl (C=O) groups is 2. The lowest BCUT2D eigenvalue weighted by Gasteiger charge is -2.36. The van der Waals surface area contributed by atoms with Crippen LogP contribution in [0, 0.1) is 0 Å². The molecule has 7 heteroatoms. The van der Waals surface area contributed by atoms with E-state index in [1.54, 1.807) is 13.1 Å². The van der Waals surface area contributed by atoms with Gasteiger partial charge in [0.15, 0.2) is 0 Å². The summed E-state index contributed by atoms with van der Waals surface area (Å²) in [5.41, 5.74) is 1.51. The summed E-state index contributed by atoms with van der Waals surface area (Å²) >= 11 is 0. The molecule has 0 N–H and O–H groups in total. The second-order valence-electron chi connectivity index (χ2n) is 6.49. The lowest BCUT2D eigenvalue weighted by atomic mass is 10.2. The van der Waals surface area contributed by atoms with Crippen molar-refractivity contribution in [3.63, 3.8) is 0 Å². The first-order valence-corrected chi connectivity index (χ1v) is 8.49. The first kappa shape index (κ1) is 16.7. The molecule has 3 heterocycles. The topological polar surface area (TPSA) is 60.0 Å². The Morgan fingerprint density at radius 1 is 0.958 bits per heavy atom. The smallest absolute Gasteiger partial charge is 0.272 e. The highest BCUT2D eigenvalue weighted by Crippen LogP contribution is 2.18. The third kappa shape index (κ3) is 3.67. The average molecular weight is 331 g/mol. The number of likely N-dealkylation sites (N-methyl/N-ethyl adjacent to an activating group) is 1. The van der Waals surface area contributed by atoms with Crippen LogP contribution in [0.25, 0.3) is 0 Å². The van der Waals surface area contributed by atoms with Crippen molar-refractivity contribution in [3.8, 4) is 0 Å². The normalized spacial score (nSPS) is 19.5. The average Bonchev–Trinajstić information content (AvgIpc) is 2.62. The van der Waals surface area contributed by atoms with Crippen LogP contribution in [0.15, 0.2) is 18.3 Å². The van der Waals surface area contributed by atoms with Crippen LogP contribution in [0.3, 0.4) is 0 Å². The Morgan fingerprint density at radius 3 is 2.21 bits per heavy atom. The van der Waals surface area contributed by atoms with Gasteiger partial charge < -0.3 is 19.6 Å². The monoisotopic (exact) mass is 331 g/mol. The number of nitrogens with zero attached hydrogens (tertiary/aromatic N) is 5. The van der Waals surface area contributed by atoms with Crippen LogP contribution in [0.4, 0.5) is 5.69 Å². The minimum absolute atomic E-state index is 0.00678. The first-order chi connectivity index (χ1) is 11.5. The number of rotatable bonds is 2. The van der Waals surface area contributed by atoms with Crippen molar-refractivity contribution in [2.45, 2.75) is 6.92 Å². The van der Waals surface area contributed by atoms with Crippen LogP contribution in [0.2, 0.25) is 0 Å². The molecule has 0 spiro atoms. The molecule has 7 nitrogen and oxygen atoms in total.